The molecule has 3 nitrogen and oxygen atoms in total. The van der Waals surface area contributed by atoms with E-state index in [4.69, 9.17) is 4.74 Å². The van der Waals surface area contributed by atoms with E-state index in [0.717, 1.165) is 6.42 Å². The van der Waals surface area contributed by atoms with Crippen LogP contribution in [0.3, 0.4) is 0 Å². The highest BCUT2D eigenvalue weighted by molar-refractivity contribution is 14.1. The van der Waals surface area contributed by atoms with Crippen LogP contribution in [0.2, 0.25) is 0 Å². The molecule has 0 aromatic heterocycles. The first kappa shape index (κ1) is 22.3. The molecule has 0 aliphatic rings. The Morgan fingerprint density at radius 1 is 0.933 bits per heavy atom. The molecule has 2 unspecified atom stereocenters. The molecule has 1 N–H and O–H groups in total. The molecule has 3 rings (SSSR count). The van der Waals surface area contributed by atoms with Crippen LogP contribution in [0.4, 0.5) is 0 Å². The van der Waals surface area contributed by atoms with Gasteiger partial charge in [-0.3, -0.25) is 4.79 Å². The predicted molar refractivity (Wildman–Crippen MR) is 131 cm³/mol. The van der Waals surface area contributed by atoms with Gasteiger partial charge in [-0.1, -0.05) is 60.7 Å². The largest absolute Gasteiger partial charge is 0.478 e. The zero-order valence-corrected chi connectivity index (χ0v) is 19.8. The Hall–Kier alpha value is -2.34. The SMILES string of the molecule is CC(NC(=O)C(C)(C)Oc1ccccc1)C(Cc1ccc(I)cc1)c1ccccc1. The van der Waals surface area contributed by atoms with Gasteiger partial charge in [-0.15, -0.1) is 0 Å². The minimum Gasteiger partial charge on any atom is -0.478 e. The van der Waals surface area contributed by atoms with Crippen LogP contribution in [0.5, 0.6) is 5.75 Å². The fraction of sp³-hybridized carbons (Fsp3) is 0.269. The van der Waals surface area contributed by atoms with Crippen LogP contribution in [-0.2, 0) is 11.2 Å². The standard InChI is InChI=1S/C26H28INO2/c1-19(28-25(29)26(2,3)30-23-12-8-5-9-13-23)24(21-10-6-4-7-11-21)18-20-14-16-22(27)17-15-20/h4-17,19,24H,18H2,1-3H3,(H,28,29). The van der Waals surface area contributed by atoms with Crippen molar-refractivity contribution < 1.29 is 9.53 Å². The number of nitrogens with one attached hydrogen (secondary N) is 1. The number of carbonyl (C=O) groups is 1. The Balaban J connectivity index is 1.76. The lowest BCUT2D eigenvalue weighted by Crippen LogP contribution is -2.51. The quantitative estimate of drug-likeness (QED) is 0.377. The summed E-state index contributed by atoms with van der Waals surface area (Å²) < 4.78 is 7.18. The van der Waals surface area contributed by atoms with E-state index in [1.54, 1.807) is 13.8 Å². The highest BCUT2D eigenvalue weighted by Crippen LogP contribution is 2.26. The molecule has 156 valence electrons. The van der Waals surface area contributed by atoms with Crippen LogP contribution in [0.1, 0.15) is 37.8 Å². The lowest BCUT2D eigenvalue weighted by Gasteiger charge is -2.31. The Morgan fingerprint density at radius 2 is 1.50 bits per heavy atom. The summed E-state index contributed by atoms with van der Waals surface area (Å²) >= 11 is 2.32. The lowest BCUT2D eigenvalue weighted by atomic mass is 9.86. The minimum atomic E-state index is -0.973. The Kier molecular flexibility index (Phi) is 7.53. The highest BCUT2D eigenvalue weighted by Gasteiger charge is 2.32. The summed E-state index contributed by atoms with van der Waals surface area (Å²) in [7, 11) is 0. The number of para-hydroxylation sites is 1. The summed E-state index contributed by atoms with van der Waals surface area (Å²) in [6, 6.07) is 28.3. The average Bonchev–Trinajstić information content (AvgIpc) is 2.74. The van der Waals surface area contributed by atoms with Gasteiger partial charge in [-0.25, -0.2) is 0 Å². The Labute approximate surface area is 193 Å². The number of benzene rings is 3. The summed E-state index contributed by atoms with van der Waals surface area (Å²) in [4.78, 5) is 13.1. The minimum absolute atomic E-state index is 0.0576. The van der Waals surface area contributed by atoms with Gasteiger partial charge in [0.2, 0.25) is 0 Å². The number of hydrogen-bond donors (Lipinski definition) is 1. The number of amides is 1. The van der Waals surface area contributed by atoms with Gasteiger partial charge in [0.05, 0.1) is 0 Å². The molecule has 4 heteroatoms. The second-order valence-corrected chi connectivity index (χ2v) is 9.28. The third-order valence-electron chi connectivity index (χ3n) is 5.22. The fourth-order valence-electron chi connectivity index (χ4n) is 3.47. The molecule has 0 saturated carbocycles. The van der Waals surface area contributed by atoms with Gasteiger partial charge in [0.15, 0.2) is 5.60 Å². The van der Waals surface area contributed by atoms with Crippen LogP contribution in [0.15, 0.2) is 84.9 Å². The predicted octanol–water partition coefficient (Wildman–Crippen LogP) is 5.98. The summed E-state index contributed by atoms with van der Waals surface area (Å²) in [6.07, 6.45) is 0.850. The first-order chi connectivity index (χ1) is 14.3. The van der Waals surface area contributed by atoms with E-state index in [2.05, 4.69) is 71.2 Å². The second-order valence-electron chi connectivity index (χ2n) is 8.04. The maximum atomic E-state index is 13.1. The smallest absolute Gasteiger partial charge is 0.263 e. The molecule has 0 aliphatic heterocycles. The first-order valence-electron chi connectivity index (χ1n) is 10.2. The van der Waals surface area contributed by atoms with Gasteiger partial charge >= 0.3 is 0 Å². The van der Waals surface area contributed by atoms with Crippen molar-refractivity contribution in [2.75, 3.05) is 0 Å². The molecule has 0 bridgehead atoms. The molecule has 30 heavy (non-hydrogen) atoms. The molecule has 3 aromatic rings. The molecule has 2 atom stereocenters. The molecular formula is C26H28INO2. The van der Waals surface area contributed by atoms with Crippen molar-refractivity contribution in [3.05, 3.63) is 99.6 Å². The van der Waals surface area contributed by atoms with E-state index >= 15 is 0 Å². The third-order valence-corrected chi connectivity index (χ3v) is 5.94. The van der Waals surface area contributed by atoms with Crippen molar-refractivity contribution in [3.63, 3.8) is 0 Å². The highest BCUT2D eigenvalue weighted by atomic mass is 127. The van der Waals surface area contributed by atoms with Crippen LogP contribution in [-0.4, -0.2) is 17.6 Å². The second kappa shape index (κ2) is 10.1. The van der Waals surface area contributed by atoms with E-state index in [-0.39, 0.29) is 17.9 Å². The van der Waals surface area contributed by atoms with E-state index < -0.39 is 5.60 Å². The van der Waals surface area contributed by atoms with Gasteiger partial charge in [0.1, 0.15) is 5.75 Å². The van der Waals surface area contributed by atoms with E-state index in [1.807, 2.05) is 48.5 Å². The van der Waals surface area contributed by atoms with Crippen LogP contribution in [0, 0.1) is 3.57 Å². The Morgan fingerprint density at radius 3 is 2.10 bits per heavy atom. The molecule has 1 amide bonds. The van der Waals surface area contributed by atoms with Crippen molar-refractivity contribution in [1.82, 2.24) is 5.32 Å². The van der Waals surface area contributed by atoms with Gasteiger partial charge in [-0.05, 0) is 85.2 Å². The summed E-state index contributed by atoms with van der Waals surface area (Å²) in [5, 5.41) is 3.21. The van der Waals surface area contributed by atoms with E-state index in [0.29, 0.717) is 5.75 Å². The molecule has 0 spiro atoms. The van der Waals surface area contributed by atoms with Crippen LogP contribution >= 0.6 is 22.6 Å². The summed E-state index contributed by atoms with van der Waals surface area (Å²) in [5.74, 6) is 0.717. The lowest BCUT2D eigenvalue weighted by molar-refractivity contribution is -0.135. The van der Waals surface area contributed by atoms with Gasteiger partial charge < -0.3 is 10.1 Å². The van der Waals surface area contributed by atoms with Crippen LogP contribution < -0.4 is 10.1 Å². The van der Waals surface area contributed by atoms with Gasteiger partial charge in [-0.2, -0.15) is 0 Å². The number of ether oxygens (including phenoxy) is 1. The normalized spacial score (nSPS) is 13.3. The number of carbonyl (C=O) groups excluding carboxylic acids is 1. The maximum absolute atomic E-state index is 13.1. The molecule has 0 aliphatic carbocycles. The number of hydrogen-bond acceptors (Lipinski definition) is 2. The molecular weight excluding hydrogens is 485 g/mol. The van der Waals surface area contributed by atoms with Crippen LogP contribution in [0.25, 0.3) is 0 Å². The molecule has 0 fully saturated rings. The van der Waals surface area contributed by atoms with Crippen molar-refractivity contribution in [1.29, 1.82) is 0 Å². The van der Waals surface area contributed by atoms with Crippen molar-refractivity contribution in [2.45, 2.75) is 44.8 Å². The monoisotopic (exact) mass is 513 g/mol. The van der Waals surface area contributed by atoms with Crippen molar-refractivity contribution >= 4 is 28.5 Å². The molecule has 0 heterocycles. The molecule has 3 aromatic carbocycles. The number of halogens is 1. The van der Waals surface area contributed by atoms with E-state index in [9.17, 15) is 4.79 Å². The maximum Gasteiger partial charge on any atom is 0.263 e. The van der Waals surface area contributed by atoms with Crippen molar-refractivity contribution in [3.8, 4) is 5.75 Å². The topological polar surface area (TPSA) is 38.3 Å². The Bertz CT molecular complexity index is 940. The third kappa shape index (κ3) is 6.08. The van der Waals surface area contributed by atoms with E-state index in [1.165, 1.54) is 14.7 Å². The average molecular weight is 513 g/mol. The summed E-state index contributed by atoms with van der Waals surface area (Å²) in [5.41, 5.74) is 1.50. The fourth-order valence-corrected chi connectivity index (χ4v) is 3.83. The summed E-state index contributed by atoms with van der Waals surface area (Å²) in [6.45, 7) is 5.68. The number of rotatable bonds is 8. The van der Waals surface area contributed by atoms with Gasteiger partial charge in [0.25, 0.3) is 5.91 Å². The van der Waals surface area contributed by atoms with Crippen molar-refractivity contribution in [2.24, 2.45) is 0 Å². The first-order valence-corrected chi connectivity index (χ1v) is 11.3. The molecule has 0 saturated heterocycles. The van der Waals surface area contributed by atoms with Gasteiger partial charge in [0, 0.05) is 15.5 Å². The molecule has 0 radical (unpaired) electrons. The zero-order chi connectivity index (χ0) is 21.6. The zero-order valence-electron chi connectivity index (χ0n) is 17.6.